The van der Waals surface area contributed by atoms with Gasteiger partial charge in [0.2, 0.25) is 15.8 Å². The molecule has 0 saturated heterocycles. The molecule has 3 heterocycles. The summed E-state index contributed by atoms with van der Waals surface area (Å²) in [6.45, 7) is 5.43. The van der Waals surface area contributed by atoms with Crippen molar-refractivity contribution >= 4 is 38.9 Å². The fraction of sp³-hybridized carbons (Fsp3) is 0.300. The summed E-state index contributed by atoms with van der Waals surface area (Å²) >= 11 is 6.58. The van der Waals surface area contributed by atoms with Gasteiger partial charge in [-0.25, -0.2) is 28.2 Å². The SMILES string of the molecule is CNC(=O)OC(c1nc(-c2cccnc2F)c(S(=O)(=O)c2ccc(Cl)nc2)s1)C(C)(C)C. The summed E-state index contributed by atoms with van der Waals surface area (Å²) in [5.41, 5.74) is -0.860. The zero-order valence-corrected chi connectivity index (χ0v) is 20.0. The van der Waals surface area contributed by atoms with Crippen molar-refractivity contribution in [1.82, 2.24) is 20.3 Å². The van der Waals surface area contributed by atoms with E-state index in [1.807, 2.05) is 20.8 Å². The molecule has 32 heavy (non-hydrogen) atoms. The summed E-state index contributed by atoms with van der Waals surface area (Å²) in [4.78, 5) is 23.7. The van der Waals surface area contributed by atoms with Gasteiger partial charge in [0.25, 0.3) is 0 Å². The molecule has 0 radical (unpaired) electrons. The summed E-state index contributed by atoms with van der Waals surface area (Å²) in [6, 6.07) is 5.50. The number of aromatic nitrogens is 3. The molecule has 170 valence electrons. The Balaban J connectivity index is 2.26. The number of thiazole rings is 1. The molecule has 0 aromatic carbocycles. The van der Waals surface area contributed by atoms with E-state index in [1.165, 1.54) is 37.5 Å². The number of carbonyl (C=O) groups is 1. The molecule has 12 heteroatoms. The van der Waals surface area contributed by atoms with Crippen molar-refractivity contribution in [2.24, 2.45) is 5.41 Å². The summed E-state index contributed by atoms with van der Waals surface area (Å²) < 4.78 is 46.7. The molecule has 0 aliphatic heterocycles. The first-order valence-electron chi connectivity index (χ1n) is 9.31. The molecular weight excluding hydrogens is 479 g/mol. The predicted octanol–water partition coefficient (Wildman–Crippen LogP) is 4.67. The number of halogens is 2. The van der Waals surface area contributed by atoms with Crippen LogP contribution in [0.25, 0.3) is 11.3 Å². The van der Waals surface area contributed by atoms with E-state index in [9.17, 15) is 17.6 Å². The second kappa shape index (κ2) is 9.08. The number of nitrogens with one attached hydrogen (secondary N) is 1. The van der Waals surface area contributed by atoms with E-state index in [1.54, 1.807) is 0 Å². The van der Waals surface area contributed by atoms with Gasteiger partial charge in [0.1, 0.15) is 15.9 Å². The van der Waals surface area contributed by atoms with Gasteiger partial charge < -0.3 is 10.1 Å². The van der Waals surface area contributed by atoms with E-state index in [0.717, 1.165) is 17.5 Å². The van der Waals surface area contributed by atoms with Crippen LogP contribution < -0.4 is 5.32 Å². The van der Waals surface area contributed by atoms with Crippen LogP contribution in [-0.2, 0) is 14.6 Å². The molecule has 0 saturated carbocycles. The average Bonchev–Trinajstić information content (AvgIpc) is 3.17. The van der Waals surface area contributed by atoms with Crippen molar-refractivity contribution in [3.8, 4) is 11.3 Å². The van der Waals surface area contributed by atoms with Gasteiger partial charge in [0.05, 0.1) is 10.5 Å². The largest absolute Gasteiger partial charge is 0.438 e. The molecule has 1 unspecified atom stereocenters. The molecule has 8 nitrogen and oxygen atoms in total. The number of sulfone groups is 1. The van der Waals surface area contributed by atoms with Gasteiger partial charge in [0, 0.05) is 24.9 Å². The number of ether oxygens (including phenoxy) is 1. The highest BCUT2D eigenvalue weighted by molar-refractivity contribution is 7.93. The van der Waals surface area contributed by atoms with Crippen LogP contribution in [0.5, 0.6) is 0 Å². The first-order valence-corrected chi connectivity index (χ1v) is 12.0. The number of hydrogen-bond donors (Lipinski definition) is 1. The summed E-state index contributed by atoms with van der Waals surface area (Å²) in [6.07, 6.45) is 0.748. The van der Waals surface area contributed by atoms with Crippen molar-refractivity contribution in [3.63, 3.8) is 0 Å². The molecule has 3 aromatic heterocycles. The van der Waals surface area contributed by atoms with Crippen LogP contribution in [-0.4, -0.2) is 36.5 Å². The number of pyridine rings is 2. The zero-order valence-electron chi connectivity index (χ0n) is 17.6. The normalized spacial score (nSPS) is 12.9. The maximum absolute atomic E-state index is 14.5. The van der Waals surface area contributed by atoms with Crippen LogP contribution >= 0.6 is 22.9 Å². The lowest BCUT2D eigenvalue weighted by Gasteiger charge is -2.28. The van der Waals surface area contributed by atoms with Gasteiger partial charge in [-0.15, -0.1) is 11.3 Å². The Morgan fingerprint density at radius 1 is 1.25 bits per heavy atom. The number of alkyl carbamates (subject to hydrolysis) is 1. The minimum absolute atomic E-state index is 0.0944. The second-order valence-electron chi connectivity index (χ2n) is 7.75. The van der Waals surface area contributed by atoms with Crippen molar-refractivity contribution in [1.29, 1.82) is 0 Å². The van der Waals surface area contributed by atoms with Gasteiger partial charge in [-0.2, -0.15) is 4.39 Å². The smallest absolute Gasteiger partial charge is 0.407 e. The Morgan fingerprint density at radius 2 is 1.97 bits per heavy atom. The maximum Gasteiger partial charge on any atom is 0.407 e. The molecular formula is C20H20ClFN4O4S2. The molecule has 3 rings (SSSR count). The third kappa shape index (κ3) is 4.89. The maximum atomic E-state index is 14.5. The van der Waals surface area contributed by atoms with E-state index in [-0.39, 0.29) is 30.5 Å². The molecule has 0 bridgehead atoms. The van der Waals surface area contributed by atoms with E-state index in [0.29, 0.717) is 0 Å². The van der Waals surface area contributed by atoms with Crippen LogP contribution in [0, 0.1) is 11.4 Å². The Hall–Kier alpha value is -2.63. The first-order chi connectivity index (χ1) is 14.9. The second-order valence-corrected chi connectivity index (χ2v) is 11.3. The predicted molar refractivity (Wildman–Crippen MR) is 118 cm³/mol. The van der Waals surface area contributed by atoms with Crippen molar-refractivity contribution in [3.05, 3.63) is 52.8 Å². The van der Waals surface area contributed by atoms with Crippen LogP contribution in [0.3, 0.4) is 0 Å². The van der Waals surface area contributed by atoms with Gasteiger partial charge in [-0.3, -0.25) is 0 Å². The highest BCUT2D eigenvalue weighted by Gasteiger charge is 2.37. The Morgan fingerprint density at radius 3 is 2.53 bits per heavy atom. The highest BCUT2D eigenvalue weighted by Crippen LogP contribution is 2.44. The number of hydrogen-bond acceptors (Lipinski definition) is 8. The molecule has 0 fully saturated rings. The van der Waals surface area contributed by atoms with Gasteiger partial charge in [-0.05, 0) is 24.3 Å². The Labute approximate surface area is 193 Å². The van der Waals surface area contributed by atoms with E-state index in [2.05, 4.69) is 20.3 Å². The van der Waals surface area contributed by atoms with Crippen LogP contribution in [0.1, 0.15) is 31.9 Å². The molecule has 0 aliphatic carbocycles. The van der Waals surface area contributed by atoms with Crippen LogP contribution in [0.2, 0.25) is 5.15 Å². The topological polar surface area (TPSA) is 111 Å². The Kier molecular flexibility index (Phi) is 6.82. The molecule has 3 aromatic rings. The Bertz CT molecular complexity index is 1240. The minimum atomic E-state index is -4.16. The molecule has 1 N–H and O–H groups in total. The van der Waals surface area contributed by atoms with E-state index < -0.39 is 33.4 Å². The number of rotatable bonds is 5. The van der Waals surface area contributed by atoms with E-state index >= 15 is 0 Å². The van der Waals surface area contributed by atoms with Crippen molar-refractivity contribution < 1.29 is 22.3 Å². The lowest BCUT2D eigenvalue weighted by atomic mass is 9.89. The number of amides is 1. The zero-order chi connectivity index (χ0) is 23.7. The fourth-order valence-electron chi connectivity index (χ4n) is 2.74. The summed E-state index contributed by atoms with van der Waals surface area (Å²) in [5.74, 6) is -0.880. The van der Waals surface area contributed by atoms with Crippen molar-refractivity contribution in [2.75, 3.05) is 7.05 Å². The molecule has 0 spiro atoms. The minimum Gasteiger partial charge on any atom is -0.438 e. The molecule has 0 aliphatic rings. The summed E-state index contributed by atoms with van der Waals surface area (Å²) in [5, 5.41) is 2.69. The highest BCUT2D eigenvalue weighted by atomic mass is 35.5. The number of carbonyl (C=O) groups excluding carboxylic acids is 1. The quantitative estimate of drug-likeness (QED) is 0.509. The van der Waals surface area contributed by atoms with Gasteiger partial charge in [-0.1, -0.05) is 32.4 Å². The lowest BCUT2D eigenvalue weighted by molar-refractivity contribution is 0.0313. The van der Waals surface area contributed by atoms with Crippen LogP contribution in [0.15, 0.2) is 45.8 Å². The first kappa shape index (κ1) is 24.0. The average molecular weight is 499 g/mol. The van der Waals surface area contributed by atoms with Crippen molar-refractivity contribution in [2.45, 2.75) is 36.0 Å². The molecule has 1 amide bonds. The number of nitrogens with zero attached hydrogens (tertiary/aromatic N) is 3. The third-order valence-corrected chi connectivity index (χ3v) is 7.89. The third-order valence-electron chi connectivity index (χ3n) is 4.32. The van der Waals surface area contributed by atoms with E-state index in [4.69, 9.17) is 16.3 Å². The van der Waals surface area contributed by atoms with Gasteiger partial charge in [0.15, 0.2) is 10.3 Å². The van der Waals surface area contributed by atoms with Gasteiger partial charge >= 0.3 is 6.09 Å². The monoisotopic (exact) mass is 498 g/mol. The lowest BCUT2D eigenvalue weighted by Crippen LogP contribution is -2.28. The summed E-state index contributed by atoms with van der Waals surface area (Å²) in [7, 11) is -2.75. The fourth-order valence-corrected chi connectivity index (χ4v) is 5.99. The standard InChI is InChI=1S/C20H20ClFN4O4S2/c1-20(2,3)15(30-19(27)23-4)17-26-14(12-6-5-9-24-16(12)22)18(31-17)32(28,29)11-7-8-13(21)25-10-11/h5-10,15H,1-4H3,(H,23,27). The van der Waals surface area contributed by atoms with Crippen LogP contribution in [0.4, 0.5) is 9.18 Å². The molecule has 1 atom stereocenters.